The molecule has 0 bridgehead atoms. The van der Waals surface area contributed by atoms with Gasteiger partial charge in [0.25, 0.3) is 0 Å². The standard InChI is InChI=1S/C16H29N3/c1-5-19(6-2)14-12-17-11-13-18(4)16-9-7-15(3)8-10-16/h7-10,17H,5-6,11-14H2,1-4H3. The lowest BCUT2D eigenvalue weighted by atomic mass is 10.2. The van der Waals surface area contributed by atoms with Crippen molar-refractivity contribution in [2.24, 2.45) is 0 Å². The molecule has 1 aromatic carbocycles. The maximum absolute atomic E-state index is 3.51. The second-order valence-corrected chi connectivity index (χ2v) is 5.03. The summed E-state index contributed by atoms with van der Waals surface area (Å²) in [4.78, 5) is 4.74. The molecular weight excluding hydrogens is 234 g/mol. The van der Waals surface area contributed by atoms with Crippen molar-refractivity contribution >= 4 is 5.69 Å². The van der Waals surface area contributed by atoms with Crippen molar-refractivity contribution in [2.75, 3.05) is 51.2 Å². The highest BCUT2D eigenvalue weighted by atomic mass is 15.1. The summed E-state index contributed by atoms with van der Waals surface area (Å²) in [5.41, 5.74) is 2.60. The molecule has 0 fully saturated rings. The molecule has 3 nitrogen and oxygen atoms in total. The molecule has 0 aliphatic heterocycles. The first-order valence-electron chi connectivity index (χ1n) is 7.38. The summed E-state index contributed by atoms with van der Waals surface area (Å²) in [5.74, 6) is 0. The Kier molecular flexibility index (Phi) is 7.53. The number of nitrogens with one attached hydrogen (secondary N) is 1. The van der Waals surface area contributed by atoms with Crippen LogP contribution in [0.15, 0.2) is 24.3 Å². The van der Waals surface area contributed by atoms with Crippen LogP contribution in [-0.4, -0.2) is 51.2 Å². The number of benzene rings is 1. The van der Waals surface area contributed by atoms with Crippen LogP contribution in [0.2, 0.25) is 0 Å². The number of anilines is 1. The second kappa shape index (κ2) is 8.94. The van der Waals surface area contributed by atoms with E-state index in [4.69, 9.17) is 0 Å². The summed E-state index contributed by atoms with van der Waals surface area (Å²) < 4.78 is 0. The van der Waals surface area contributed by atoms with Crippen molar-refractivity contribution in [1.29, 1.82) is 0 Å². The summed E-state index contributed by atoms with van der Waals surface area (Å²) in [6.45, 7) is 13.1. The number of nitrogens with zero attached hydrogens (tertiary/aromatic N) is 2. The van der Waals surface area contributed by atoms with E-state index in [1.54, 1.807) is 0 Å². The van der Waals surface area contributed by atoms with Gasteiger partial charge in [-0.1, -0.05) is 31.5 Å². The first kappa shape index (κ1) is 16.0. The predicted molar refractivity (Wildman–Crippen MR) is 85.1 cm³/mol. The third-order valence-electron chi connectivity index (χ3n) is 3.60. The average Bonchev–Trinajstić information content (AvgIpc) is 2.43. The molecule has 1 N–H and O–H groups in total. The lowest BCUT2D eigenvalue weighted by Crippen LogP contribution is -2.35. The average molecular weight is 263 g/mol. The Hall–Kier alpha value is -1.06. The molecule has 108 valence electrons. The normalized spacial score (nSPS) is 11.0. The highest BCUT2D eigenvalue weighted by molar-refractivity contribution is 5.46. The molecule has 0 unspecified atom stereocenters. The van der Waals surface area contributed by atoms with Crippen molar-refractivity contribution in [3.8, 4) is 0 Å². The third-order valence-corrected chi connectivity index (χ3v) is 3.60. The van der Waals surface area contributed by atoms with Crippen molar-refractivity contribution < 1.29 is 0 Å². The van der Waals surface area contributed by atoms with Gasteiger partial charge in [0.2, 0.25) is 0 Å². The van der Waals surface area contributed by atoms with Gasteiger partial charge in [-0.2, -0.15) is 0 Å². The van der Waals surface area contributed by atoms with E-state index in [-0.39, 0.29) is 0 Å². The Balaban J connectivity index is 2.17. The number of aryl methyl sites for hydroxylation is 1. The van der Waals surface area contributed by atoms with E-state index in [0.717, 1.165) is 39.3 Å². The minimum Gasteiger partial charge on any atom is -0.373 e. The topological polar surface area (TPSA) is 18.5 Å². The number of likely N-dealkylation sites (N-methyl/N-ethyl adjacent to an activating group) is 2. The van der Waals surface area contributed by atoms with Crippen LogP contribution in [0.1, 0.15) is 19.4 Å². The summed E-state index contributed by atoms with van der Waals surface area (Å²) in [6, 6.07) is 8.70. The van der Waals surface area contributed by atoms with E-state index in [1.165, 1.54) is 11.3 Å². The van der Waals surface area contributed by atoms with E-state index >= 15 is 0 Å². The van der Waals surface area contributed by atoms with E-state index in [1.807, 2.05) is 0 Å². The van der Waals surface area contributed by atoms with E-state index < -0.39 is 0 Å². The molecule has 19 heavy (non-hydrogen) atoms. The Morgan fingerprint density at radius 3 is 2.11 bits per heavy atom. The maximum Gasteiger partial charge on any atom is 0.0364 e. The maximum atomic E-state index is 3.51. The van der Waals surface area contributed by atoms with Crippen LogP contribution in [0, 0.1) is 6.92 Å². The Morgan fingerprint density at radius 1 is 0.947 bits per heavy atom. The minimum atomic E-state index is 1.03. The Bertz CT molecular complexity index is 330. The molecule has 0 saturated carbocycles. The van der Waals surface area contributed by atoms with Gasteiger partial charge in [-0.15, -0.1) is 0 Å². The van der Waals surface area contributed by atoms with Crippen LogP contribution in [0.3, 0.4) is 0 Å². The Labute approximate surface area is 118 Å². The smallest absolute Gasteiger partial charge is 0.0364 e. The van der Waals surface area contributed by atoms with Gasteiger partial charge in [-0.05, 0) is 32.1 Å². The van der Waals surface area contributed by atoms with Gasteiger partial charge in [-0.25, -0.2) is 0 Å². The zero-order valence-corrected chi connectivity index (χ0v) is 12.9. The first-order chi connectivity index (χ1) is 9.17. The molecule has 0 atom stereocenters. The molecule has 0 aliphatic carbocycles. The molecule has 3 heteroatoms. The summed E-state index contributed by atoms with van der Waals surface area (Å²) in [6.07, 6.45) is 0. The second-order valence-electron chi connectivity index (χ2n) is 5.03. The quantitative estimate of drug-likeness (QED) is 0.690. The van der Waals surface area contributed by atoms with Crippen LogP contribution in [0.25, 0.3) is 0 Å². The molecule has 1 rings (SSSR count). The molecule has 0 spiro atoms. The molecule has 0 saturated heterocycles. The van der Waals surface area contributed by atoms with Crippen LogP contribution in [0.5, 0.6) is 0 Å². The van der Waals surface area contributed by atoms with E-state index in [9.17, 15) is 0 Å². The van der Waals surface area contributed by atoms with Gasteiger partial charge in [0.15, 0.2) is 0 Å². The number of hydrogen-bond donors (Lipinski definition) is 1. The fourth-order valence-electron chi connectivity index (χ4n) is 2.08. The molecular formula is C16H29N3. The van der Waals surface area contributed by atoms with Crippen LogP contribution in [-0.2, 0) is 0 Å². The van der Waals surface area contributed by atoms with E-state index in [0.29, 0.717) is 0 Å². The molecule has 1 aromatic rings. The molecule has 0 aromatic heterocycles. The summed E-state index contributed by atoms with van der Waals surface area (Å²) in [5, 5.41) is 3.51. The van der Waals surface area contributed by atoms with Crippen molar-refractivity contribution in [3.05, 3.63) is 29.8 Å². The number of hydrogen-bond acceptors (Lipinski definition) is 3. The largest absolute Gasteiger partial charge is 0.373 e. The zero-order valence-electron chi connectivity index (χ0n) is 12.9. The van der Waals surface area contributed by atoms with Gasteiger partial charge in [0.1, 0.15) is 0 Å². The zero-order chi connectivity index (χ0) is 14.1. The Morgan fingerprint density at radius 2 is 1.53 bits per heavy atom. The predicted octanol–water partition coefficient (Wildman–Crippen LogP) is 2.36. The van der Waals surface area contributed by atoms with Gasteiger partial charge in [0, 0.05) is 38.9 Å². The third kappa shape index (κ3) is 6.08. The van der Waals surface area contributed by atoms with Gasteiger partial charge >= 0.3 is 0 Å². The lowest BCUT2D eigenvalue weighted by Gasteiger charge is -2.21. The SMILES string of the molecule is CCN(CC)CCNCCN(C)c1ccc(C)cc1. The highest BCUT2D eigenvalue weighted by Gasteiger charge is 2.00. The summed E-state index contributed by atoms with van der Waals surface area (Å²) in [7, 11) is 2.15. The van der Waals surface area contributed by atoms with Crippen LogP contribution < -0.4 is 10.2 Å². The lowest BCUT2D eigenvalue weighted by molar-refractivity contribution is 0.303. The summed E-state index contributed by atoms with van der Waals surface area (Å²) >= 11 is 0. The first-order valence-corrected chi connectivity index (χ1v) is 7.38. The van der Waals surface area contributed by atoms with Gasteiger partial charge in [0.05, 0.1) is 0 Å². The van der Waals surface area contributed by atoms with Crippen molar-refractivity contribution in [2.45, 2.75) is 20.8 Å². The molecule has 0 radical (unpaired) electrons. The van der Waals surface area contributed by atoms with Gasteiger partial charge < -0.3 is 15.1 Å². The van der Waals surface area contributed by atoms with Crippen LogP contribution >= 0.6 is 0 Å². The monoisotopic (exact) mass is 263 g/mol. The van der Waals surface area contributed by atoms with Crippen molar-refractivity contribution in [1.82, 2.24) is 10.2 Å². The highest BCUT2D eigenvalue weighted by Crippen LogP contribution is 2.12. The molecule has 0 heterocycles. The number of rotatable bonds is 9. The fourth-order valence-corrected chi connectivity index (χ4v) is 2.08. The van der Waals surface area contributed by atoms with Gasteiger partial charge in [-0.3, -0.25) is 0 Å². The van der Waals surface area contributed by atoms with Crippen molar-refractivity contribution in [3.63, 3.8) is 0 Å². The van der Waals surface area contributed by atoms with Crippen LogP contribution in [0.4, 0.5) is 5.69 Å². The molecule has 0 aliphatic rings. The van der Waals surface area contributed by atoms with E-state index in [2.05, 4.69) is 67.2 Å². The molecule has 0 amide bonds. The fraction of sp³-hybridized carbons (Fsp3) is 0.625. The minimum absolute atomic E-state index is 1.03.